The van der Waals surface area contributed by atoms with E-state index in [1.165, 1.54) is 18.9 Å². The molecule has 4 N–H and O–H groups in total. The molecule has 2 atom stereocenters. The largest absolute Gasteiger partial charge is 0.378 e. The van der Waals surface area contributed by atoms with E-state index >= 15 is 0 Å². The summed E-state index contributed by atoms with van der Waals surface area (Å²) in [6.07, 6.45) is 3.48. The highest BCUT2D eigenvalue weighted by atomic mass is 19.1. The molecule has 0 saturated heterocycles. The Morgan fingerprint density at radius 1 is 1.00 bits per heavy atom. The quantitative estimate of drug-likeness (QED) is 0.406. The molecule has 2 amide bonds. The lowest BCUT2D eigenvalue weighted by Gasteiger charge is -2.37. The molecular formula is C26H28F2N4O3. The highest BCUT2D eigenvalue weighted by Crippen LogP contribution is 2.44. The number of nitrogens with zero attached hydrogens (tertiary/aromatic N) is 1. The number of aromatic amines is 1. The Balaban J connectivity index is 1.43. The Labute approximate surface area is 201 Å². The molecular weight excluding hydrogens is 454 g/mol. The zero-order valence-corrected chi connectivity index (χ0v) is 19.4. The van der Waals surface area contributed by atoms with Crippen LogP contribution in [0.3, 0.4) is 0 Å². The normalized spacial score (nSPS) is 16.8. The average molecular weight is 483 g/mol. The van der Waals surface area contributed by atoms with Crippen molar-refractivity contribution in [2.75, 3.05) is 5.32 Å². The maximum absolute atomic E-state index is 13.4. The molecule has 2 aromatic carbocycles. The number of hydrogen-bond donors (Lipinski definition) is 4. The van der Waals surface area contributed by atoms with Crippen molar-refractivity contribution in [2.45, 2.75) is 56.6 Å². The van der Waals surface area contributed by atoms with Gasteiger partial charge in [0.25, 0.3) is 5.91 Å². The van der Waals surface area contributed by atoms with Crippen LogP contribution in [0.5, 0.6) is 0 Å². The molecule has 4 rings (SSSR count). The van der Waals surface area contributed by atoms with Crippen molar-refractivity contribution in [2.24, 2.45) is 0 Å². The zero-order chi connectivity index (χ0) is 25.0. The number of carbonyl (C=O) groups excluding carboxylic acids is 2. The number of hydrogen-bond acceptors (Lipinski definition) is 4. The monoisotopic (exact) mass is 482 g/mol. The van der Waals surface area contributed by atoms with Crippen LogP contribution in [-0.2, 0) is 15.0 Å². The number of aliphatic hydroxyl groups is 1. The topological polar surface area (TPSA) is 107 Å². The summed E-state index contributed by atoms with van der Waals surface area (Å²) in [5.74, 6) is -3.02. The second-order valence-electron chi connectivity index (χ2n) is 9.00. The van der Waals surface area contributed by atoms with E-state index < -0.39 is 35.6 Å². The van der Waals surface area contributed by atoms with Gasteiger partial charge in [0, 0.05) is 23.2 Å². The van der Waals surface area contributed by atoms with E-state index in [4.69, 9.17) is 0 Å². The number of nitrogens with one attached hydrogen (secondary N) is 3. The molecule has 1 fully saturated rings. The van der Waals surface area contributed by atoms with Crippen molar-refractivity contribution < 1.29 is 23.5 Å². The maximum atomic E-state index is 13.4. The highest BCUT2D eigenvalue weighted by Gasteiger charge is 2.37. The van der Waals surface area contributed by atoms with Crippen LogP contribution < -0.4 is 10.6 Å². The molecule has 9 heteroatoms. The Kier molecular flexibility index (Phi) is 7.25. The number of amides is 2. The minimum Gasteiger partial charge on any atom is -0.378 e. The van der Waals surface area contributed by atoms with Crippen molar-refractivity contribution in [1.29, 1.82) is 0 Å². The van der Waals surface area contributed by atoms with Gasteiger partial charge in [-0.15, -0.1) is 0 Å². The molecule has 1 heterocycles. The van der Waals surface area contributed by atoms with Gasteiger partial charge < -0.3 is 15.7 Å². The first kappa shape index (κ1) is 24.5. The number of benzene rings is 2. The molecule has 1 aliphatic carbocycles. The number of halogens is 2. The minimum atomic E-state index is -1.83. The van der Waals surface area contributed by atoms with Gasteiger partial charge in [-0.25, -0.2) is 8.78 Å². The molecule has 1 saturated carbocycles. The van der Waals surface area contributed by atoms with Gasteiger partial charge in [0.15, 0.2) is 11.9 Å². The van der Waals surface area contributed by atoms with Crippen LogP contribution in [0.2, 0.25) is 0 Å². The average Bonchev–Trinajstić information content (AvgIpc) is 3.33. The third-order valence-corrected chi connectivity index (χ3v) is 6.58. The number of H-pyrrole nitrogens is 1. The predicted molar refractivity (Wildman–Crippen MR) is 126 cm³/mol. The maximum Gasteiger partial charge on any atom is 0.254 e. The van der Waals surface area contributed by atoms with Crippen molar-refractivity contribution in [3.63, 3.8) is 0 Å². The standard InChI is InChI=1S/C26H28F2N4O3/c1-16(29-25(35)23(33)17-12-19(27)14-20(28)13-17)24(34)30-22-15-21(31-32-22)26(10-6-3-7-11-26)18-8-4-2-5-9-18/h2,4-5,8-9,12-16,23,33H,3,6-7,10-11H2,1H3,(H,29,35)(H2,30,31,32,34). The summed E-state index contributed by atoms with van der Waals surface area (Å²) in [6, 6.07) is 13.4. The first-order valence-electron chi connectivity index (χ1n) is 11.7. The molecule has 0 spiro atoms. The lowest BCUT2D eigenvalue weighted by molar-refractivity contribution is -0.132. The van der Waals surface area contributed by atoms with E-state index in [-0.39, 0.29) is 11.0 Å². The summed E-state index contributed by atoms with van der Waals surface area (Å²) in [6.45, 7) is 1.44. The lowest BCUT2D eigenvalue weighted by atomic mass is 9.67. The van der Waals surface area contributed by atoms with Crippen LogP contribution in [0.4, 0.5) is 14.6 Å². The van der Waals surface area contributed by atoms with Gasteiger partial charge in [0.1, 0.15) is 17.7 Å². The summed E-state index contributed by atoms with van der Waals surface area (Å²) < 4.78 is 26.8. The number of aromatic nitrogens is 2. The predicted octanol–water partition coefficient (Wildman–Crippen LogP) is 4.11. The molecule has 7 nitrogen and oxygen atoms in total. The molecule has 2 unspecified atom stereocenters. The van der Waals surface area contributed by atoms with Gasteiger partial charge in [-0.2, -0.15) is 5.10 Å². The third-order valence-electron chi connectivity index (χ3n) is 6.58. The van der Waals surface area contributed by atoms with E-state index in [0.29, 0.717) is 11.9 Å². The first-order valence-corrected chi connectivity index (χ1v) is 11.7. The molecule has 0 aliphatic heterocycles. The van der Waals surface area contributed by atoms with Crippen molar-refractivity contribution in [3.8, 4) is 0 Å². The molecule has 0 radical (unpaired) electrons. The number of anilines is 1. The van der Waals surface area contributed by atoms with Crippen LogP contribution in [0.1, 0.15) is 62.0 Å². The SMILES string of the molecule is CC(NC(=O)C(O)c1cc(F)cc(F)c1)C(=O)Nc1cc(C2(c3ccccc3)CCCCC2)[nH]n1. The summed E-state index contributed by atoms with van der Waals surface area (Å²) in [7, 11) is 0. The summed E-state index contributed by atoms with van der Waals surface area (Å²) in [5, 5.41) is 22.5. The van der Waals surface area contributed by atoms with E-state index in [1.807, 2.05) is 24.3 Å². The van der Waals surface area contributed by atoms with Crippen molar-refractivity contribution >= 4 is 17.6 Å². The van der Waals surface area contributed by atoms with Gasteiger partial charge in [-0.1, -0.05) is 49.6 Å². The first-order chi connectivity index (χ1) is 16.8. The van der Waals surface area contributed by atoms with E-state index in [1.54, 1.807) is 0 Å². The van der Waals surface area contributed by atoms with Crippen molar-refractivity contribution in [1.82, 2.24) is 15.5 Å². The van der Waals surface area contributed by atoms with Crippen LogP contribution in [0.25, 0.3) is 0 Å². The number of aliphatic hydroxyl groups excluding tert-OH is 1. The Morgan fingerprint density at radius 2 is 1.66 bits per heavy atom. The minimum absolute atomic E-state index is 0.209. The fraction of sp³-hybridized carbons (Fsp3) is 0.346. The summed E-state index contributed by atoms with van der Waals surface area (Å²) in [5.41, 5.74) is 1.66. The van der Waals surface area contributed by atoms with Gasteiger partial charge in [-0.05, 0) is 43.0 Å². The molecule has 0 bridgehead atoms. The zero-order valence-electron chi connectivity index (χ0n) is 19.4. The molecule has 1 aliphatic rings. The van der Waals surface area contributed by atoms with Crippen LogP contribution in [0.15, 0.2) is 54.6 Å². The fourth-order valence-electron chi connectivity index (χ4n) is 4.73. The van der Waals surface area contributed by atoms with Crippen LogP contribution in [-0.4, -0.2) is 33.2 Å². The highest BCUT2D eigenvalue weighted by molar-refractivity contribution is 5.97. The Morgan fingerprint density at radius 3 is 2.31 bits per heavy atom. The van der Waals surface area contributed by atoms with E-state index in [9.17, 15) is 23.5 Å². The van der Waals surface area contributed by atoms with E-state index in [2.05, 4.69) is 33.0 Å². The van der Waals surface area contributed by atoms with Crippen LogP contribution in [0, 0.1) is 11.6 Å². The molecule has 35 heavy (non-hydrogen) atoms. The van der Waals surface area contributed by atoms with Gasteiger partial charge in [0.2, 0.25) is 5.91 Å². The van der Waals surface area contributed by atoms with Gasteiger partial charge >= 0.3 is 0 Å². The van der Waals surface area contributed by atoms with Gasteiger partial charge in [0.05, 0.1) is 0 Å². The van der Waals surface area contributed by atoms with Crippen LogP contribution >= 0.6 is 0 Å². The van der Waals surface area contributed by atoms with E-state index in [0.717, 1.165) is 43.5 Å². The number of carbonyl (C=O) groups is 2. The van der Waals surface area contributed by atoms with Gasteiger partial charge in [-0.3, -0.25) is 14.7 Å². The third kappa shape index (κ3) is 5.40. The Hall–Kier alpha value is -3.59. The second-order valence-corrected chi connectivity index (χ2v) is 9.00. The lowest BCUT2D eigenvalue weighted by Crippen LogP contribution is -2.43. The number of rotatable bonds is 7. The molecule has 184 valence electrons. The second kappa shape index (κ2) is 10.4. The summed E-state index contributed by atoms with van der Waals surface area (Å²) >= 11 is 0. The fourth-order valence-corrected chi connectivity index (χ4v) is 4.73. The summed E-state index contributed by atoms with van der Waals surface area (Å²) in [4.78, 5) is 25.0. The smallest absolute Gasteiger partial charge is 0.254 e. The molecule has 3 aromatic rings. The van der Waals surface area contributed by atoms with Crippen molar-refractivity contribution in [3.05, 3.63) is 83.1 Å². The molecule has 1 aromatic heterocycles. The Bertz CT molecular complexity index is 1170.